The van der Waals surface area contributed by atoms with Crippen molar-refractivity contribution >= 4 is 58.2 Å². The van der Waals surface area contributed by atoms with Gasteiger partial charge in [-0.2, -0.15) is 0 Å². The van der Waals surface area contributed by atoms with Gasteiger partial charge in [-0.05, 0) is 127 Å². The maximum atomic E-state index is 12.8. The zero-order valence-corrected chi connectivity index (χ0v) is 89.0. The highest BCUT2D eigenvalue weighted by atomic mass is 28.4. The predicted octanol–water partition coefficient (Wildman–Crippen LogP) is 5.98. The Labute approximate surface area is 756 Å². The van der Waals surface area contributed by atoms with Crippen molar-refractivity contribution < 1.29 is 169 Å². The lowest BCUT2D eigenvalue weighted by Crippen LogP contribution is -2.69. The summed E-state index contributed by atoms with van der Waals surface area (Å²) in [5.41, 5.74) is 0. The maximum Gasteiger partial charge on any atom is 0.192 e. The van der Waals surface area contributed by atoms with Gasteiger partial charge in [-0.15, -0.1) is 0 Å². The van der Waals surface area contributed by atoms with Gasteiger partial charge in [0.2, 0.25) is 0 Å². The molecule has 0 aliphatic carbocycles. The second kappa shape index (κ2) is 40.9. The fourth-order valence-corrected chi connectivity index (χ4v) is 21.0. The van der Waals surface area contributed by atoms with Crippen molar-refractivity contribution in [2.75, 3.05) is 46.2 Å². The molecule has 0 radical (unpaired) electrons. The standard InChI is InChI=1S/C84H168O35Si7/c1-78(2,3)120(22,23)99-36-43-64-50(85)57(92)71(106-43)114-65-44(37-100-121(24,25)79(4,5)6)108-73(59(94)52(65)87)116-67-46(39-102-123(28,29)81(10,11)12)110-75(61(96)54(67)89)118-69-48(41-104-125(32,33)83(16,17)18)112-77(63(98)56(69)91)119-70-49(42-105-126(34,35)84(19,20)21)111-76(62(97)55(70)90)117-68-47(40-103-124(30,31)82(13,14)15)109-74(60(95)53(68)88)115-66-45(38-101-122(26,27)80(7,8)9)107-72(113-64)58(93)51(66)86/h43-77,85-98H,36-42H2,1-35H3/t43-,44-,45-,46-,47-,48-,49-,50-,51?,52?,53-,54-,55?,56?,57-,58-,59-,60?,61-,62?,63-,64-,65-,66-,67-,68-,69-,70-,71-,72-,73-,74-,75-,76-,77-/m1/s1. The first-order chi connectivity index (χ1) is 56.9. The van der Waals surface area contributed by atoms with Crippen molar-refractivity contribution in [3.8, 4) is 0 Å². The molecule has 126 heavy (non-hydrogen) atoms. The van der Waals surface area contributed by atoms with E-state index in [9.17, 15) is 71.5 Å². The Morgan fingerprint density at radius 1 is 0.159 bits per heavy atom. The van der Waals surface area contributed by atoms with Gasteiger partial charge >= 0.3 is 0 Å². The molecule has 35 nitrogen and oxygen atoms in total. The minimum Gasteiger partial charge on any atom is -0.414 e. The molecule has 21 aliphatic heterocycles. The molecule has 14 bridgehead atoms. The zero-order chi connectivity index (χ0) is 96.0. The molecule has 21 rings (SSSR count). The number of hydrogen-bond donors (Lipinski definition) is 14. The average molecular weight is 1930 g/mol. The summed E-state index contributed by atoms with van der Waals surface area (Å²) in [6.45, 7) is 67.0. The normalized spacial score (nSPS) is 40.5. The van der Waals surface area contributed by atoms with Gasteiger partial charge in [0.05, 0.1) is 46.2 Å². The van der Waals surface area contributed by atoms with E-state index >= 15 is 0 Å². The molecule has 0 aromatic heterocycles. The van der Waals surface area contributed by atoms with Crippen LogP contribution in [0.25, 0.3) is 0 Å². The molecule has 21 aliphatic rings. The molecule has 42 heteroatoms. The van der Waals surface area contributed by atoms with E-state index in [1.165, 1.54) is 0 Å². The molecule has 0 spiro atoms. The Bertz CT molecular complexity index is 2810. The molecule has 0 amide bonds. The first kappa shape index (κ1) is 111. The number of ether oxygens (including phenoxy) is 14. The highest BCUT2D eigenvalue weighted by Gasteiger charge is 2.63. The van der Waals surface area contributed by atoms with Gasteiger partial charge in [-0.1, -0.05) is 145 Å². The molecule has 35 atom stereocenters. The highest BCUT2D eigenvalue weighted by Crippen LogP contribution is 2.48. The molecule has 21 heterocycles. The molecule has 0 aromatic rings. The van der Waals surface area contributed by atoms with E-state index in [-0.39, 0.29) is 46.2 Å². The molecular formula is C84H168O35Si7. The fraction of sp³-hybridized carbons (Fsp3) is 1.00. The Morgan fingerprint density at radius 3 is 0.325 bits per heavy atom. The van der Waals surface area contributed by atoms with Crippen LogP contribution in [0.2, 0.25) is 127 Å². The minimum absolute atomic E-state index is 0.370. The number of hydrogen-bond acceptors (Lipinski definition) is 35. The third-order valence-electron chi connectivity index (χ3n) is 30.4. The molecule has 742 valence electrons. The number of aliphatic hydroxyl groups excluding tert-OH is 14. The summed E-state index contributed by atoms with van der Waals surface area (Å²) in [6.07, 6.45) is -65.0. The Hall–Kier alpha value is 0.118. The first-order valence-electron chi connectivity index (χ1n) is 45.1. The van der Waals surface area contributed by atoms with Crippen LogP contribution in [0.5, 0.6) is 0 Å². The second-order valence-corrected chi connectivity index (χ2v) is 80.5. The second-order valence-electron chi connectivity index (χ2n) is 46.9. The van der Waals surface area contributed by atoms with Gasteiger partial charge in [0.15, 0.2) is 102 Å². The molecular weight excluding hydrogens is 1770 g/mol. The summed E-state index contributed by atoms with van der Waals surface area (Å²) in [5, 5.41) is 175. The summed E-state index contributed by atoms with van der Waals surface area (Å²) < 4.78 is 141. The lowest BCUT2D eigenvalue weighted by Gasteiger charge is -2.51. The SMILES string of the molecule is CC(C)(C)[Si](C)(C)OC[C@H]1O[C@@H]2O[C@H]3C(O)[C@@H](O)[C@@H](O[C@H]4[C@H](O)[C@@H](O)[C@H](O[C@@H]4CO[Si](C)(C)C(C)(C)C)O[C@H]4C(O)[C@@H](O)[C@H](O[C@@H]4CO[Si](C)(C)C(C)(C)C)O[C@H]4C(O)C(O)[C@@H](O[C@H]5[C@H](O)C(O)[C@H](O[C@@H]5CO[Si](C)(C)C(C)(C)C)O[C@H]5C(O)[C@@H](O)[C@@H](O[C@H]1[C@H](O)[C@H]2O)O[C@@H]5CO[Si](C)(C)C(C)(C)C)O[C@@H]4CO[Si](C)(C)C(C)(C)C)O[C@@H]3CO[Si](C)(C)C(C)(C)C. The van der Waals surface area contributed by atoms with Gasteiger partial charge in [0.1, 0.15) is 171 Å². The van der Waals surface area contributed by atoms with E-state index < -0.39 is 308 Å². The summed E-state index contributed by atoms with van der Waals surface area (Å²) >= 11 is 0. The van der Waals surface area contributed by atoms with E-state index in [4.69, 9.17) is 97.3 Å². The Kier molecular flexibility index (Phi) is 36.2. The van der Waals surface area contributed by atoms with Gasteiger partial charge in [0.25, 0.3) is 0 Å². The van der Waals surface area contributed by atoms with E-state index in [0.29, 0.717) is 0 Å². The molecule has 21 saturated heterocycles. The van der Waals surface area contributed by atoms with E-state index in [1.54, 1.807) is 0 Å². The van der Waals surface area contributed by atoms with Gasteiger partial charge in [-0.3, -0.25) is 0 Å². The average Bonchev–Trinajstić information content (AvgIpc) is 0.776. The number of rotatable bonds is 21. The smallest absolute Gasteiger partial charge is 0.192 e. The predicted molar refractivity (Wildman–Crippen MR) is 481 cm³/mol. The summed E-state index contributed by atoms with van der Waals surface area (Å²) in [4.78, 5) is 0. The summed E-state index contributed by atoms with van der Waals surface area (Å²) in [6, 6.07) is 0. The first-order valence-corrected chi connectivity index (χ1v) is 65.5. The van der Waals surface area contributed by atoms with Crippen LogP contribution >= 0.6 is 0 Å². The van der Waals surface area contributed by atoms with Crippen molar-refractivity contribution in [2.45, 2.75) is 487 Å². The zero-order valence-electron chi connectivity index (χ0n) is 82.0. The molecule has 0 saturated carbocycles. The summed E-state index contributed by atoms with van der Waals surface area (Å²) in [7, 11) is -19.7. The molecule has 0 aromatic carbocycles. The van der Waals surface area contributed by atoms with E-state index in [2.05, 4.69) is 0 Å². The van der Waals surface area contributed by atoms with Gasteiger partial charge in [-0.25, -0.2) is 0 Å². The van der Waals surface area contributed by atoms with Crippen molar-refractivity contribution in [3.05, 3.63) is 0 Å². The van der Waals surface area contributed by atoms with Crippen LogP contribution in [-0.4, -0.2) is 391 Å². The van der Waals surface area contributed by atoms with Gasteiger partial charge < -0.3 is 169 Å². The fourth-order valence-electron chi connectivity index (χ4n) is 13.9. The summed E-state index contributed by atoms with van der Waals surface area (Å²) in [5.74, 6) is 0. The Morgan fingerprint density at radius 2 is 0.246 bits per heavy atom. The van der Waals surface area contributed by atoms with Crippen LogP contribution in [0.3, 0.4) is 0 Å². The highest BCUT2D eigenvalue weighted by molar-refractivity contribution is 6.76. The molecule has 6 unspecified atom stereocenters. The van der Waals surface area contributed by atoms with Crippen molar-refractivity contribution in [2.24, 2.45) is 0 Å². The minimum atomic E-state index is -2.81. The maximum absolute atomic E-state index is 12.8. The molecule has 14 N–H and O–H groups in total. The molecule has 21 fully saturated rings. The van der Waals surface area contributed by atoms with Crippen LogP contribution in [0.15, 0.2) is 0 Å². The third kappa shape index (κ3) is 25.2. The topological polar surface area (TPSA) is 477 Å². The van der Waals surface area contributed by atoms with Gasteiger partial charge in [0, 0.05) is 0 Å². The van der Waals surface area contributed by atoms with Crippen molar-refractivity contribution in [3.63, 3.8) is 0 Å². The van der Waals surface area contributed by atoms with E-state index in [0.717, 1.165) is 0 Å². The van der Waals surface area contributed by atoms with Crippen LogP contribution in [0.4, 0.5) is 0 Å². The Balaban J connectivity index is 1.31. The van der Waals surface area contributed by atoms with Crippen LogP contribution in [-0.2, 0) is 97.3 Å². The lowest BCUT2D eigenvalue weighted by molar-refractivity contribution is -0.396. The lowest BCUT2D eigenvalue weighted by atomic mass is 9.95. The van der Waals surface area contributed by atoms with Crippen LogP contribution < -0.4 is 0 Å². The van der Waals surface area contributed by atoms with Crippen molar-refractivity contribution in [1.29, 1.82) is 0 Å². The quantitative estimate of drug-likeness (QED) is 0.0588. The largest absolute Gasteiger partial charge is 0.414 e. The van der Waals surface area contributed by atoms with Crippen molar-refractivity contribution in [1.82, 2.24) is 0 Å². The van der Waals surface area contributed by atoms with E-state index in [1.807, 2.05) is 237 Å². The monoisotopic (exact) mass is 1930 g/mol. The van der Waals surface area contributed by atoms with Crippen LogP contribution in [0, 0.1) is 0 Å². The van der Waals surface area contributed by atoms with Crippen LogP contribution in [0.1, 0.15) is 145 Å². The third-order valence-corrected chi connectivity index (χ3v) is 61.9. The number of aliphatic hydroxyl groups is 14.